The first-order chi connectivity index (χ1) is 14.2. The highest BCUT2D eigenvalue weighted by Crippen LogP contribution is 2.20. The first kappa shape index (κ1) is 22.0. The average Bonchev–Trinajstić information content (AvgIpc) is 3.18. The molecule has 0 radical (unpaired) electrons. The molecule has 1 saturated heterocycles. The topological polar surface area (TPSA) is 105 Å². The number of likely N-dealkylation sites (tertiary alicyclic amines) is 1. The van der Waals surface area contributed by atoms with Crippen LogP contribution in [0.3, 0.4) is 0 Å². The van der Waals surface area contributed by atoms with Crippen molar-refractivity contribution < 1.29 is 18.0 Å². The third kappa shape index (κ3) is 4.88. The zero-order chi connectivity index (χ0) is 21.9. The van der Waals surface area contributed by atoms with Crippen molar-refractivity contribution in [2.45, 2.75) is 17.7 Å². The van der Waals surface area contributed by atoms with Crippen LogP contribution in [0.15, 0.2) is 41.6 Å². The Morgan fingerprint density at radius 1 is 1.13 bits per heavy atom. The van der Waals surface area contributed by atoms with E-state index in [4.69, 9.17) is 0 Å². The van der Waals surface area contributed by atoms with Gasteiger partial charge in [0.25, 0.3) is 11.8 Å². The van der Waals surface area contributed by atoms with Gasteiger partial charge in [-0.2, -0.15) is 5.10 Å². The third-order valence-electron chi connectivity index (χ3n) is 5.30. The number of sulfonamides is 1. The zero-order valence-corrected chi connectivity index (χ0v) is 18.2. The summed E-state index contributed by atoms with van der Waals surface area (Å²) in [5.41, 5.74) is 1.00. The van der Waals surface area contributed by atoms with Gasteiger partial charge in [-0.3, -0.25) is 14.3 Å². The molecule has 0 aliphatic carbocycles. The fraction of sp³-hybridized carbons (Fsp3) is 0.450. The largest absolute Gasteiger partial charge is 0.352 e. The SMILES string of the molecule is CN(C)S(=O)(=O)c1ccc(C(=O)N2CCC(CNC(=O)c3cnn(C)c3)CC2)cc1. The molecule has 1 fully saturated rings. The normalized spacial score (nSPS) is 15.4. The molecule has 9 nitrogen and oxygen atoms in total. The molecule has 1 aromatic heterocycles. The number of nitrogens with one attached hydrogen (secondary N) is 1. The van der Waals surface area contributed by atoms with Crippen LogP contribution in [0, 0.1) is 5.92 Å². The minimum absolute atomic E-state index is 0.110. The Kier molecular flexibility index (Phi) is 6.57. The van der Waals surface area contributed by atoms with Crippen LogP contribution < -0.4 is 5.32 Å². The Labute approximate surface area is 176 Å². The van der Waals surface area contributed by atoms with Crippen molar-refractivity contribution in [1.29, 1.82) is 0 Å². The lowest BCUT2D eigenvalue weighted by Gasteiger charge is -2.32. The predicted molar refractivity (Wildman–Crippen MR) is 111 cm³/mol. The fourth-order valence-electron chi connectivity index (χ4n) is 3.38. The van der Waals surface area contributed by atoms with Crippen LogP contribution in [-0.2, 0) is 17.1 Å². The molecular weight excluding hydrogens is 406 g/mol. The maximum Gasteiger partial charge on any atom is 0.254 e. The van der Waals surface area contributed by atoms with Gasteiger partial charge in [-0.15, -0.1) is 0 Å². The van der Waals surface area contributed by atoms with E-state index in [0.29, 0.717) is 36.7 Å². The summed E-state index contributed by atoms with van der Waals surface area (Å²) in [6.45, 7) is 1.76. The maximum absolute atomic E-state index is 12.7. The minimum Gasteiger partial charge on any atom is -0.352 e. The number of aromatic nitrogens is 2. The summed E-state index contributed by atoms with van der Waals surface area (Å²) in [7, 11) is 1.19. The van der Waals surface area contributed by atoms with E-state index in [2.05, 4.69) is 10.4 Å². The number of piperidine rings is 1. The van der Waals surface area contributed by atoms with Crippen molar-refractivity contribution in [3.05, 3.63) is 47.8 Å². The molecule has 0 bridgehead atoms. The van der Waals surface area contributed by atoms with Crippen LogP contribution in [0.5, 0.6) is 0 Å². The second-order valence-corrected chi connectivity index (χ2v) is 9.81. The molecular formula is C20H27N5O4S. The maximum atomic E-state index is 12.7. The van der Waals surface area contributed by atoms with E-state index >= 15 is 0 Å². The minimum atomic E-state index is -3.51. The Balaban J connectivity index is 1.51. The van der Waals surface area contributed by atoms with Crippen molar-refractivity contribution in [3.8, 4) is 0 Å². The Hall–Kier alpha value is -2.72. The van der Waals surface area contributed by atoms with E-state index in [1.54, 1.807) is 35.0 Å². The number of rotatable bonds is 6. The number of hydrogen-bond donors (Lipinski definition) is 1. The summed E-state index contributed by atoms with van der Waals surface area (Å²) >= 11 is 0. The van der Waals surface area contributed by atoms with E-state index in [9.17, 15) is 18.0 Å². The van der Waals surface area contributed by atoms with Gasteiger partial charge in [-0.1, -0.05) is 0 Å². The lowest BCUT2D eigenvalue weighted by molar-refractivity contribution is 0.0684. The number of nitrogens with zero attached hydrogens (tertiary/aromatic N) is 4. The molecule has 2 heterocycles. The van der Waals surface area contributed by atoms with Gasteiger partial charge in [0.15, 0.2) is 0 Å². The molecule has 0 spiro atoms. The van der Waals surface area contributed by atoms with Gasteiger partial charge in [0, 0.05) is 52.5 Å². The number of amides is 2. The van der Waals surface area contributed by atoms with E-state index < -0.39 is 10.0 Å². The molecule has 0 atom stereocenters. The lowest BCUT2D eigenvalue weighted by atomic mass is 9.96. The van der Waals surface area contributed by atoms with Gasteiger partial charge in [0.2, 0.25) is 10.0 Å². The van der Waals surface area contributed by atoms with Crippen molar-refractivity contribution in [2.24, 2.45) is 13.0 Å². The molecule has 2 amide bonds. The van der Waals surface area contributed by atoms with E-state index in [1.165, 1.54) is 32.4 Å². The lowest BCUT2D eigenvalue weighted by Crippen LogP contribution is -2.41. The summed E-state index contributed by atoms with van der Waals surface area (Å²) in [5, 5.41) is 6.92. The smallest absolute Gasteiger partial charge is 0.254 e. The summed E-state index contributed by atoms with van der Waals surface area (Å²) < 4.78 is 27.0. The molecule has 1 N–H and O–H groups in total. The number of benzene rings is 1. The second-order valence-electron chi connectivity index (χ2n) is 7.66. The molecule has 2 aromatic rings. The summed E-state index contributed by atoms with van der Waals surface area (Å²) in [5.74, 6) is 0.0540. The van der Waals surface area contributed by atoms with Gasteiger partial charge in [0.1, 0.15) is 0 Å². The molecule has 0 saturated carbocycles. The van der Waals surface area contributed by atoms with Crippen molar-refractivity contribution >= 4 is 21.8 Å². The second kappa shape index (κ2) is 8.97. The third-order valence-corrected chi connectivity index (χ3v) is 7.13. The van der Waals surface area contributed by atoms with Crippen molar-refractivity contribution in [3.63, 3.8) is 0 Å². The first-order valence-corrected chi connectivity index (χ1v) is 11.2. The zero-order valence-electron chi connectivity index (χ0n) is 17.4. The van der Waals surface area contributed by atoms with E-state index in [0.717, 1.165) is 17.1 Å². The van der Waals surface area contributed by atoms with Gasteiger partial charge in [-0.25, -0.2) is 12.7 Å². The monoisotopic (exact) mass is 433 g/mol. The van der Waals surface area contributed by atoms with Crippen LogP contribution in [-0.4, -0.2) is 72.9 Å². The number of carbonyl (C=O) groups is 2. The highest BCUT2D eigenvalue weighted by atomic mass is 32.2. The Morgan fingerprint density at radius 2 is 1.77 bits per heavy atom. The highest BCUT2D eigenvalue weighted by Gasteiger charge is 2.25. The quantitative estimate of drug-likeness (QED) is 0.730. The molecule has 3 rings (SSSR count). The number of carbonyl (C=O) groups excluding carboxylic acids is 2. The van der Waals surface area contributed by atoms with Crippen LogP contribution in [0.1, 0.15) is 33.6 Å². The van der Waals surface area contributed by atoms with Crippen LogP contribution >= 0.6 is 0 Å². The predicted octanol–water partition coefficient (Wildman–Crippen LogP) is 0.953. The van der Waals surface area contributed by atoms with Gasteiger partial charge in [0.05, 0.1) is 16.7 Å². The molecule has 10 heteroatoms. The molecule has 1 aliphatic rings. The van der Waals surface area contributed by atoms with Crippen LogP contribution in [0.25, 0.3) is 0 Å². The van der Waals surface area contributed by atoms with Crippen LogP contribution in [0.2, 0.25) is 0 Å². The summed E-state index contributed by atoms with van der Waals surface area (Å²) in [6, 6.07) is 6.03. The van der Waals surface area contributed by atoms with Crippen molar-refractivity contribution in [2.75, 3.05) is 33.7 Å². The Bertz CT molecular complexity index is 1010. The van der Waals surface area contributed by atoms with E-state index in [1.807, 2.05) is 0 Å². The fourth-order valence-corrected chi connectivity index (χ4v) is 4.28. The van der Waals surface area contributed by atoms with Gasteiger partial charge < -0.3 is 10.2 Å². The van der Waals surface area contributed by atoms with Gasteiger partial charge >= 0.3 is 0 Å². The number of aryl methyl sites for hydroxylation is 1. The Morgan fingerprint density at radius 3 is 2.30 bits per heavy atom. The number of hydrogen-bond acceptors (Lipinski definition) is 5. The molecule has 162 valence electrons. The molecule has 30 heavy (non-hydrogen) atoms. The summed E-state index contributed by atoms with van der Waals surface area (Å²) in [4.78, 5) is 26.8. The molecule has 1 aliphatic heterocycles. The van der Waals surface area contributed by atoms with Crippen molar-refractivity contribution in [1.82, 2.24) is 24.3 Å². The summed E-state index contributed by atoms with van der Waals surface area (Å²) in [6.07, 6.45) is 4.80. The standard InChI is InChI=1S/C20H27N5O4S/c1-23(2)30(28,29)18-6-4-16(5-7-18)20(27)25-10-8-15(9-11-25)12-21-19(26)17-13-22-24(3)14-17/h4-7,13-15H,8-12H2,1-3H3,(H,21,26). The highest BCUT2D eigenvalue weighted by molar-refractivity contribution is 7.89. The van der Waals surface area contributed by atoms with E-state index in [-0.39, 0.29) is 16.7 Å². The first-order valence-electron chi connectivity index (χ1n) is 9.77. The molecule has 0 unspecified atom stereocenters. The average molecular weight is 434 g/mol. The van der Waals surface area contributed by atoms with Gasteiger partial charge in [-0.05, 0) is 43.0 Å². The molecule has 1 aromatic carbocycles. The van der Waals surface area contributed by atoms with Crippen LogP contribution in [0.4, 0.5) is 0 Å².